The Morgan fingerprint density at radius 2 is 1.62 bits per heavy atom. The molecule has 0 aliphatic carbocycles. The summed E-state index contributed by atoms with van der Waals surface area (Å²) in [6.45, 7) is 2.54. The predicted molar refractivity (Wildman–Crippen MR) is 149 cm³/mol. The van der Waals surface area contributed by atoms with Gasteiger partial charge < -0.3 is 25.3 Å². The van der Waals surface area contributed by atoms with Crippen LogP contribution in [0.25, 0.3) is 22.2 Å². The van der Waals surface area contributed by atoms with Crippen molar-refractivity contribution in [2.45, 2.75) is 25.8 Å². The fourth-order valence-electron chi connectivity index (χ4n) is 3.88. The van der Waals surface area contributed by atoms with Crippen molar-refractivity contribution in [3.63, 3.8) is 0 Å². The minimum Gasteiger partial charge on any atom is -0.495 e. The van der Waals surface area contributed by atoms with E-state index in [9.17, 15) is 0 Å². The van der Waals surface area contributed by atoms with Gasteiger partial charge in [-0.05, 0) is 30.9 Å². The van der Waals surface area contributed by atoms with E-state index in [1.54, 1.807) is 18.3 Å². The maximum atomic E-state index is 6.60. The van der Waals surface area contributed by atoms with E-state index in [1.807, 2.05) is 30.3 Å². The highest BCUT2D eigenvalue weighted by molar-refractivity contribution is 6.41. The standard InChI is InChI=1S/C22H19Cl2N5O2.C5H10O/c1-30-15-9-16(31-2)19(24)17(18(15)23)14-8-13-11-27-22(25)29-20(13)21(28-14)26-10-12-6-4-3-5-7-12;1-2-4-6-5-3-1/h3-9,11H,10H2,1-2H3,(H,26,28)(H2,25,27,29);1-5H2. The maximum absolute atomic E-state index is 6.60. The van der Waals surface area contributed by atoms with Crippen LogP contribution < -0.4 is 20.5 Å². The molecule has 1 aliphatic heterocycles. The molecule has 5 rings (SSSR count). The number of ether oxygens (including phenoxy) is 3. The van der Waals surface area contributed by atoms with E-state index in [1.165, 1.54) is 33.5 Å². The van der Waals surface area contributed by atoms with Crippen LogP contribution in [-0.2, 0) is 11.3 Å². The summed E-state index contributed by atoms with van der Waals surface area (Å²) in [5.74, 6) is 1.53. The molecular formula is C27H29Cl2N5O3. The zero-order valence-corrected chi connectivity index (χ0v) is 22.3. The Labute approximate surface area is 226 Å². The number of pyridine rings is 1. The lowest BCUT2D eigenvalue weighted by Gasteiger charge is -2.16. The van der Waals surface area contributed by atoms with Crippen molar-refractivity contribution in [1.29, 1.82) is 0 Å². The average Bonchev–Trinajstić information content (AvgIpc) is 2.94. The molecule has 37 heavy (non-hydrogen) atoms. The van der Waals surface area contributed by atoms with Gasteiger partial charge in [0.25, 0.3) is 0 Å². The Balaban J connectivity index is 0.000000469. The lowest BCUT2D eigenvalue weighted by Crippen LogP contribution is -2.05. The van der Waals surface area contributed by atoms with Crippen LogP contribution in [0.15, 0.2) is 48.7 Å². The van der Waals surface area contributed by atoms with Gasteiger partial charge in [0.1, 0.15) is 17.0 Å². The zero-order valence-electron chi connectivity index (χ0n) is 20.8. The Hall–Kier alpha value is -3.33. The first-order valence-corrected chi connectivity index (χ1v) is 12.7. The number of nitrogen functional groups attached to an aromatic ring is 1. The third-order valence-electron chi connectivity index (χ3n) is 5.79. The van der Waals surface area contributed by atoms with E-state index in [0.29, 0.717) is 50.7 Å². The number of anilines is 2. The summed E-state index contributed by atoms with van der Waals surface area (Å²) in [4.78, 5) is 13.2. The van der Waals surface area contributed by atoms with Crippen molar-refractivity contribution >= 4 is 45.9 Å². The highest BCUT2D eigenvalue weighted by Crippen LogP contribution is 2.46. The average molecular weight is 542 g/mol. The number of halogens is 2. The molecule has 194 valence electrons. The van der Waals surface area contributed by atoms with E-state index in [2.05, 4.69) is 15.3 Å². The molecule has 4 aromatic rings. The first-order valence-electron chi connectivity index (χ1n) is 11.9. The number of benzene rings is 2. The number of aromatic nitrogens is 3. The molecule has 8 nitrogen and oxygen atoms in total. The van der Waals surface area contributed by atoms with E-state index in [-0.39, 0.29) is 5.95 Å². The molecule has 0 atom stereocenters. The summed E-state index contributed by atoms with van der Waals surface area (Å²) >= 11 is 13.2. The molecule has 0 spiro atoms. The van der Waals surface area contributed by atoms with Crippen LogP contribution in [0.1, 0.15) is 24.8 Å². The van der Waals surface area contributed by atoms with Crippen LogP contribution in [-0.4, -0.2) is 42.4 Å². The predicted octanol–water partition coefficient (Wildman–Crippen LogP) is 6.40. The van der Waals surface area contributed by atoms with Gasteiger partial charge in [-0.25, -0.2) is 15.0 Å². The van der Waals surface area contributed by atoms with Crippen LogP contribution in [0.4, 0.5) is 11.8 Å². The van der Waals surface area contributed by atoms with Crippen molar-refractivity contribution in [2.75, 3.05) is 38.5 Å². The molecule has 0 radical (unpaired) electrons. The number of rotatable bonds is 6. The van der Waals surface area contributed by atoms with Crippen LogP contribution >= 0.6 is 23.2 Å². The fourth-order valence-corrected chi connectivity index (χ4v) is 4.58. The van der Waals surface area contributed by atoms with Gasteiger partial charge in [0.2, 0.25) is 5.95 Å². The van der Waals surface area contributed by atoms with Crippen molar-refractivity contribution in [3.05, 3.63) is 64.3 Å². The van der Waals surface area contributed by atoms with E-state index >= 15 is 0 Å². The zero-order chi connectivity index (χ0) is 26.2. The van der Waals surface area contributed by atoms with Crippen LogP contribution in [0.5, 0.6) is 11.5 Å². The highest BCUT2D eigenvalue weighted by Gasteiger charge is 2.21. The SMILES string of the molecule is C1CCOCC1.COc1cc(OC)c(Cl)c(-c2cc3cnc(N)nc3c(NCc3ccccc3)n2)c1Cl. The van der Waals surface area contributed by atoms with Gasteiger partial charge in [0.15, 0.2) is 5.82 Å². The van der Waals surface area contributed by atoms with E-state index < -0.39 is 0 Å². The number of nitrogens with two attached hydrogens (primary N) is 1. The highest BCUT2D eigenvalue weighted by atomic mass is 35.5. The quantitative estimate of drug-likeness (QED) is 0.289. The summed E-state index contributed by atoms with van der Waals surface area (Å²) < 4.78 is 15.8. The van der Waals surface area contributed by atoms with Crippen molar-refractivity contribution in [2.24, 2.45) is 0 Å². The first kappa shape index (κ1) is 26.7. The Morgan fingerprint density at radius 3 is 2.19 bits per heavy atom. The minimum absolute atomic E-state index is 0.156. The van der Waals surface area contributed by atoms with Gasteiger partial charge in [-0.2, -0.15) is 0 Å². The van der Waals surface area contributed by atoms with Gasteiger partial charge >= 0.3 is 0 Å². The largest absolute Gasteiger partial charge is 0.495 e. The van der Waals surface area contributed by atoms with Crippen LogP contribution in [0, 0.1) is 0 Å². The van der Waals surface area contributed by atoms with Crippen molar-refractivity contribution < 1.29 is 14.2 Å². The summed E-state index contributed by atoms with van der Waals surface area (Å²) in [5.41, 5.74) is 8.50. The van der Waals surface area contributed by atoms with Crippen LogP contribution in [0.3, 0.4) is 0 Å². The van der Waals surface area contributed by atoms with E-state index in [4.69, 9.17) is 48.1 Å². The summed E-state index contributed by atoms with van der Waals surface area (Å²) in [7, 11) is 3.05. The van der Waals surface area contributed by atoms with Crippen molar-refractivity contribution in [1.82, 2.24) is 15.0 Å². The molecule has 0 saturated carbocycles. The summed E-state index contributed by atoms with van der Waals surface area (Å²) in [5, 5.41) is 4.71. The number of hydrogen-bond donors (Lipinski definition) is 2. The lowest BCUT2D eigenvalue weighted by molar-refractivity contribution is 0.0968. The molecular weight excluding hydrogens is 513 g/mol. The number of nitrogens with zero attached hydrogens (tertiary/aromatic N) is 3. The Morgan fingerprint density at radius 1 is 0.946 bits per heavy atom. The van der Waals surface area contributed by atoms with Gasteiger partial charge in [-0.15, -0.1) is 0 Å². The molecule has 10 heteroatoms. The molecule has 0 bridgehead atoms. The minimum atomic E-state index is 0.156. The molecule has 3 N–H and O–H groups in total. The van der Waals surface area contributed by atoms with Gasteiger partial charge in [-0.1, -0.05) is 53.5 Å². The Kier molecular flexibility index (Phi) is 9.22. The molecule has 1 saturated heterocycles. The molecule has 3 heterocycles. The molecule has 0 amide bonds. The second-order valence-corrected chi connectivity index (χ2v) is 9.07. The first-order chi connectivity index (χ1) is 18.0. The number of fused-ring (bicyclic) bond motifs is 1. The third kappa shape index (κ3) is 6.52. The van der Waals surface area contributed by atoms with E-state index in [0.717, 1.165) is 24.2 Å². The molecule has 2 aromatic carbocycles. The second-order valence-electron chi connectivity index (χ2n) is 8.32. The summed E-state index contributed by atoms with van der Waals surface area (Å²) in [6.07, 6.45) is 5.57. The summed E-state index contributed by atoms with van der Waals surface area (Å²) in [6, 6.07) is 13.4. The normalized spacial score (nSPS) is 13.0. The number of hydrogen-bond acceptors (Lipinski definition) is 8. The van der Waals surface area contributed by atoms with Gasteiger partial charge in [0, 0.05) is 43.0 Å². The van der Waals surface area contributed by atoms with Gasteiger partial charge in [-0.3, -0.25) is 0 Å². The van der Waals surface area contributed by atoms with Gasteiger partial charge in [0.05, 0.1) is 30.0 Å². The smallest absolute Gasteiger partial charge is 0.220 e. The third-order valence-corrected chi connectivity index (χ3v) is 6.54. The lowest BCUT2D eigenvalue weighted by atomic mass is 10.1. The second kappa shape index (κ2) is 12.8. The number of nitrogens with one attached hydrogen (secondary N) is 1. The van der Waals surface area contributed by atoms with Crippen LogP contribution in [0.2, 0.25) is 10.0 Å². The van der Waals surface area contributed by atoms with Crippen molar-refractivity contribution in [3.8, 4) is 22.8 Å². The molecule has 2 aromatic heterocycles. The molecule has 0 unspecified atom stereocenters. The fraction of sp³-hybridized carbons (Fsp3) is 0.296. The molecule has 1 fully saturated rings. The molecule has 1 aliphatic rings. The topological polar surface area (TPSA) is 104 Å². The maximum Gasteiger partial charge on any atom is 0.220 e. The Bertz CT molecular complexity index is 1310. The monoisotopic (exact) mass is 541 g/mol. The number of methoxy groups -OCH3 is 2.